The highest BCUT2D eigenvalue weighted by atomic mass is 16.4. The van der Waals surface area contributed by atoms with E-state index < -0.39 is 95.5 Å². The number of hydrogen-bond acceptors (Lipinski definition) is 12. The first kappa shape index (κ1) is 58.3. The van der Waals surface area contributed by atoms with Crippen LogP contribution in [0.5, 0.6) is 0 Å². The third-order valence-corrected chi connectivity index (χ3v) is 11.9. The predicted molar refractivity (Wildman–Crippen MR) is 274 cm³/mol. The molecule has 0 aliphatic carbocycles. The van der Waals surface area contributed by atoms with Crippen LogP contribution in [0.4, 0.5) is 0 Å². The van der Waals surface area contributed by atoms with E-state index in [0.29, 0.717) is 11.1 Å². The number of aromatic nitrogens is 1. The highest BCUT2D eigenvalue weighted by Crippen LogP contribution is 2.20. The summed E-state index contributed by atoms with van der Waals surface area (Å²) >= 11 is 0. The molecule has 26 heteroatoms. The summed E-state index contributed by atoms with van der Waals surface area (Å²) < 4.78 is 0. The van der Waals surface area contributed by atoms with Gasteiger partial charge in [-0.2, -0.15) is 0 Å². The number of fused-ring (bicyclic) bond motifs is 1. The molecule has 1 aliphatic heterocycles. The maximum absolute atomic E-state index is 14.5. The molecule has 1 saturated heterocycles. The number of guanidine groups is 2. The van der Waals surface area contributed by atoms with Gasteiger partial charge in [-0.15, -0.1) is 0 Å². The lowest BCUT2D eigenvalue weighted by molar-refractivity contribution is -0.142. The maximum atomic E-state index is 14.5. The van der Waals surface area contributed by atoms with Crippen LogP contribution in [0.2, 0.25) is 0 Å². The Morgan fingerprint density at radius 1 is 0.716 bits per heavy atom. The van der Waals surface area contributed by atoms with Crippen molar-refractivity contribution in [3.63, 3.8) is 0 Å². The molecule has 1 aliphatic rings. The Morgan fingerprint density at radius 2 is 1.30 bits per heavy atom. The SMILES string of the molecule is CC(=O)N[C@@H](CCCN=C(N)N)C(=O)N[C@H]1CCCNC(=O)CCC(C(=O)O)NC(=O)[C@H](Cc2c[nH]c3ccccc23)NC(=O)[C@H](CCCN=C(N)N)NC(=O)[C@@H](Cc2ccccc2)NC(=O)[C@H](CCN)NC1=O. The first-order chi connectivity index (χ1) is 35.3. The van der Waals surface area contributed by atoms with E-state index in [1.165, 1.54) is 6.92 Å². The van der Waals surface area contributed by atoms with Crippen molar-refractivity contribution in [3.05, 3.63) is 71.9 Å². The number of carbonyl (C=O) groups is 9. The maximum Gasteiger partial charge on any atom is 0.326 e. The number of carbonyl (C=O) groups excluding carboxylic acids is 8. The third kappa shape index (κ3) is 19.7. The summed E-state index contributed by atoms with van der Waals surface area (Å²) in [7, 11) is 0. The summed E-state index contributed by atoms with van der Waals surface area (Å²) in [5, 5.41) is 32.0. The first-order valence-corrected chi connectivity index (χ1v) is 24.3. The van der Waals surface area contributed by atoms with Crippen molar-refractivity contribution < 1.29 is 48.3 Å². The standard InChI is InChI=1S/C48H70N16O10/c1-27(65)58-32(14-8-22-55-47(50)51)40(67)59-33-15-7-21-54-39(66)18-17-36(46(73)74)62-45(72)38(25-29-26-57-31-13-6-5-12-30(29)31)64-42(69)34(16-9-23-56-48(52)53)60-44(71)37(24-28-10-3-2-4-11-28)63-43(70)35(19-20-49)61-41(33)68/h2-6,10-13,26,32-38,57H,7-9,14-25,49H2,1H3,(H,54,66)(H,58,65)(H,59,67)(H,60,71)(H,61,68)(H,62,72)(H,63,70)(H,64,69)(H,73,74)(H4,50,51,55)(H4,52,53,56)/t32-,33-,34-,35-,36?,37+,38-/m0/s1. The van der Waals surface area contributed by atoms with Crippen molar-refractivity contribution >= 4 is 76.0 Å². The zero-order valence-corrected chi connectivity index (χ0v) is 41.3. The molecule has 3 aromatic rings. The van der Waals surface area contributed by atoms with Gasteiger partial charge in [-0.25, -0.2) is 4.79 Å². The topological polar surface area (TPSA) is 441 Å². The molecule has 0 bridgehead atoms. The van der Waals surface area contributed by atoms with E-state index >= 15 is 0 Å². The normalized spacial score (nSPS) is 21.2. The van der Waals surface area contributed by atoms with E-state index in [1.807, 2.05) is 6.07 Å². The number of aromatic amines is 1. The number of H-pyrrole nitrogens is 1. The average Bonchev–Trinajstić information content (AvgIpc) is 3.76. The van der Waals surface area contributed by atoms with Crippen molar-refractivity contribution in [1.29, 1.82) is 0 Å². The quantitative estimate of drug-likeness (QED) is 0.0336. The summed E-state index contributed by atoms with van der Waals surface area (Å²) in [6.07, 6.45) is 0.839. The van der Waals surface area contributed by atoms with Gasteiger partial charge >= 0.3 is 5.97 Å². The Balaban J connectivity index is 1.75. The minimum Gasteiger partial charge on any atom is -0.480 e. The summed E-state index contributed by atoms with van der Waals surface area (Å²) in [5.41, 5.74) is 29.8. The fourth-order valence-corrected chi connectivity index (χ4v) is 8.07. The van der Waals surface area contributed by atoms with Crippen molar-refractivity contribution in [2.24, 2.45) is 38.7 Å². The number of nitrogens with zero attached hydrogens (tertiary/aromatic N) is 2. The van der Waals surface area contributed by atoms with Gasteiger partial charge < -0.3 is 81.3 Å². The number of amides is 8. The molecule has 0 saturated carbocycles. The number of benzene rings is 2. The molecule has 20 N–H and O–H groups in total. The molecule has 74 heavy (non-hydrogen) atoms. The molecule has 0 spiro atoms. The Hall–Kier alpha value is -8.29. The van der Waals surface area contributed by atoms with E-state index in [4.69, 9.17) is 28.7 Å². The van der Waals surface area contributed by atoms with Gasteiger partial charge in [0.05, 0.1) is 0 Å². The van der Waals surface area contributed by atoms with Crippen LogP contribution >= 0.6 is 0 Å². The van der Waals surface area contributed by atoms with Gasteiger partial charge in [0.2, 0.25) is 47.3 Å². The first-order valence-electron chi connectivity index (χ1n) is 24.3. The number of nitrogens with two attached hydrogens (primary N) is 5. The van der Waals surface area contributed by atoms with Gasteiger partial charge in [-0.05, 0) is 75.1 Å². The van der Waals surface area contributed by atoms with Gasteiger partial charge in [-0.1, -0.05) is 48.5 Å². The number of aliphatic imine (C=N–C) groups is 2. The smallest absolute Gasteiger partial charge is 0.326 e. The van der Waals surface area contributed by atoms with E-state index in [-0.39, 0.29) is 109 Å². The van der Waals surface area contributed by atoms with Gasteiger partial charge in [0, 0.05) is 62.9 Å². The van der Waals surface area contributed by atoms with Crippen molar-refractivity contribution in [1.82, 2.24) is 47.5 Å². The molecule has 1 unspecified atom stereocenters. The fourth-order valence-electron chi connectivity index (χ4n) is 8.07. The van der Waals surface area contributed by atoms with Crippen LogP contribution in [0.3, 0.4) is 0 Å². The lowest BCUT2D eigenvalue weighted by Crippen LogP contribution is -2.60. The van der Waals surface area contributed by atoms with E-state index in [1.54, 1.807) is 54.7 Å². The molecule has 2 aromatic carbocycles. The Kier molecular flexibility index (Phi) is 23.6. The molecule has 402 valence electrons. The summed E-state index contributed by atoms with van der Waals surface area (Å²) in [6, 6.07) is 6.11. The van der Waals surface area contributed by atoms with Crippen molar-refractivity contribution in [3.8, 4) is 0 Å². The molecule has 0 radical (unpaired) electrons. The number of nitrogens with one attached hydrogen (secondary N) is 9. The number of carboxylic acids is 1. The molecule has 8 amide bonds. The Bertz CT molecular complexity index is 2480. The highest BCUT2D eigenvalue weighted by Gasteiger charge is 2.35. The van der Waals surface area contributed by atoms with Gasteiger partial charge in [0.25, 0.3) is 0 Å². The number of rotatable bonds is 18. The van der Waals surface area contributed by atoms with Crippen LogP contribution in [0.25, 0.3) is 10.9 Å². The molecule has 26 nitrogen and oxygen atoms in total. The van der Waals surface area contributed by atoms with Crippen LogP contribution in [-0.2, 0) is 56.0 Å². The molecule has 2 heterocycles. The van der Waals surface area contributed by atoms with Crippen LogP contribution in [0.1, 0.15) is 75.8 Å². The molecule has 1 fully saturated rings. The van der Waals surface area contributed by atoms with Crippen LogP contribution in [0.15, 0.2) is 70.8 Å². The number of hydrogen-bond donors (Lipinski definition) is 15. The fraction of sp³-hybridized carbons (Fsp3) is 0.479. The zero-order chi connectivity index (χ0) is 54.2. The summed E-state index contributed by atoms with van der Waals surface area (Å²) in [5.74, 6) is -8.04. The molecule has 7 atom stereocenters. The predicted octanol–water partition coefficient (Wildman–Crippen LogP) is -3.40. The Morgan fingerprint density at radius 3 is 1.95 bits per heavy atom. The van der Waals surface area contributed by atoms with Crippen molar-refractivity contribution in [2.45, 2.75) is 120 Å². The van der Waals surface area contributed by atoms with Crippen LogP contribution in [0, 0.1) is 0 Å². The number of aliphatic carboxylic acids is 1. The largest absolute Gasteiger partial charge is 0.480 e. The van der Waals surface area contributed by atoms with E-state index in [2.05, 4.69) is 57.5 Å². The summed E-state index contributed by atoms with van der Waals surface area (Å²) in [4.78, 5) is 134. The lowest BCUT2D eigenvalue weighted by Gasteiger charge is -2.28. The van der Waals surface area contributed by atoms with Gasteiger partial charge in [-0.3, -0.25) is 48.3 Å². The zero-order valence-electron chi connectivity index (χ0n) is 41.3. The van der Waals surface area contributed by atoms with Crippen molar-refractivity contribution in [2.75, 3.05) is 26.2 Å². The van der Waals surface area contributed by atoms with Gasteiger partial charge in [0.1, 0.15) is 42.3 Å². The van der Waals surface area contributed by atoms with Crippen LogP contribution < -0.4 is 71.2 Å². The number of carboxylic acid groups (broad SMARTS) is 1. The monoisotopic (exact) mass is 1030 g/mol. The van der Waals surface area contributed by atoms with E-state index in [0.717, 1.165) is 10.9 Å². The number of para-hydroxylation sites is 1. The second kappa shape index (κ2) is 29.9. The van der Waals surface area contributed by atoms with Crippen LogP contribution in [-0.4, -0.2) is 144 Å². The molecule has 4 rings (SSSR count). The lowest BCUT2D eigenvalue weighted by atomic mass is 10.0. The van der Waals surface area contributed by atoms with Gasteiger partial charge in [0.15, 0.2) is 11.9 Å². The highest BCUT2D eigenvalue weighted by molar-refractivity contribution is 5.98. The minimum atomic E-state index is -1.60. The second-order valence-corrected chi connectivity index (χ2v) is 17.7. The molecular formula is C48H70N16O10. The minimum absolute atomic E-state index is 0.0362. The molecule has 1 aromatic heterocycles. The Labute approximate surface area is 427 Å². The third-order valence-electron chi connectivity index (χ3n) is 11.9. The average molecular weight is 1030 g/mol. The molecular weight excluding hydrogens is 961 g/mol. The summed E-state index contributed by atoms with van der Waals surface area (Å²) in [6.45, 7) is 1.19. The van der Waals surface area contributed by atoms with E-state index in [9.17, 15) is 48.3 Å². The second-order valence-electron chi connectivity index (χ2n) is 17.7.